The van der Waals surface area contributed by atoms with Crippen molar-refractivity contribution in [2.45, 2.75) is 20.3 Å². The predicted octanol–water partition coefficient (Wildman–Crippen LogP) is 3.32. The second-order valence-electron chi connectivity index (χ2n) is 4.06. The standard InChI is InChI=1S/C13H16ClN3S/c1-3-15-7-6-12-16-17-13(18-12)11-5-4-10(14)8-9(11)2/h4-5,8,15H,3,6-7H2,1-2H3. The minimum Gasteiger partial charge on any atom is -0.317 e. The molecule has 0 saturated carbocycles. The van der Waals surface area contributed by atoms with Crippen molar-refractivity contribution in [1.82, 2.24) is 15.5 Å². The summed E-state index contributed by atoms with van der Waals surface area (Å²) in [5, 5.41) is 14.6. The monoisotopic (exact) mass is 281 g/mol. The molecule has 0 amide bonds. The number of aromatic nitrogens is 2. The molecule has 0 atom stereocenters. The van der Waals surface area contributed by atoms with Crippen LogP contribution in [-0.2, 0) is 6.42 Å². The van der Waals surface area contributed by atoms with Gasteiger partial charge in [0, 0.05) is 23.6 Å². The van der Waals surface area contributed by atoms with E-state index in [-0.39, 0.29) is 0 Å². The van der Waals surface area contributed by atoms with Crippen LogP contribution < -0.4 is 5.32 Å². The third-order valence-corrected chi connectivity index (χ3v) is 3.90. The van der Waals surface area contributed by atoms with Gasteiger partial charge in [0.25, 0.3) is 0 Å². The van der Waals surface area contributed by atoms with Crippen molar-refractivity contribution < 1.29 is 0 Å². The fraction of sp³-hybridized carbons (Fsp3) is 0.385. The van der Waals surface area contributed by atoms with Crippen LogP contribution in [0.1, 0.15) is 17.5 Å². The van der Waals surface area contributed by atoms with Crippen molar-refractivity contribution in [3.63, 3.8) is 0 Å². The zero-order chi connectivity index (χ0) is 13.0. The van der Waals surface area contributed by atoms with Crippen LogP contribution in [0.15, 0.2) is 18.2 Å². The molecule has 0 spiro atoms. The van der Waals surface area contributed by atoms with E-state index in [1.54, 1.807) is 11.3 Å². The van der Waals surface area contributed by atoms with Gasteiger partial charge in [0.2, 0.25) is 0 Å². The minimum absolute atomic E-state index is 0.758. The first-order valence-electron chi connectivity index (χ1n) is 6.00. The van der Waals surface area contributed by atoms with Gasteiger partial charge in [-0.15, -0.1) is 10.2 Å². The van der Waals surface area contributed by atoms with Gasteiger partial charge in [-0.25, -0.2) is 0 Å². The summed E-state index contributed by atoms with van der Waals surface area (Å²) < 4.78 is 0. The van der Waals surface area contributed by atoms with Crippen LogP contribution in [0.3, 0.4) is 0 Å². The Labute approximate surface area is 116 Å². The Hall–Kier alpha value is -0.970. The van der Waals surface area contributed by atoms with Crippen LogP contribution in [0.4, 0.5) is 0 Å². The number of nitrogens with zero attached hydrogens (tertiary/aromatic N) is 2. The summed E-state index contributed by atoms with van der Waals surface area (Å²) in [7, 11) is 0. The predicted molar refractivity (Wildman–Crippen MR) is 77.3 cm³/mol. The topological polar surface area (TPSA) is 37.8 Å². The molecule has 5 heteroatoms. The number of aryl methyl sites for hydroxylation is 1. The molecule has 2 rings (SSSR count). The Morgan fingerprint density at radius 1 is 1.33 bits per heavy atom. The molecule has 0 radical (unpaired) electrons. The maximum absolute atomic E-state index is 5.95. The third kappa shape index (κ3) is 3.28. The second-order valence-corrected chi connectivity index (χ2v) is 5.56. The van der Waals surface area contributed by atoms with Crippen molar-refractivity contribution in [1.29, 1.82) is 0 Å². The van der Waals surface area contributed by atoms with Gasteiger partial charge >= 0.3 is 0 Å². The number of hydrogen-bond donors (Lipinski definition) is 1. The molecular weight excluding hydrogens is 266 g/mol. The number of nitrogens with one attached hydrogen (secondary N) is 1. The number of likely N-dealkylation sites (N-methyl/N-ethyl adjacent to an activating group) is 1. The van der Waals surface area contributed by atoms with E-state index in [0.717, 1.165) is 45.7 Å². The highest BCUT2D eigenvalue weighted by atomic mass is 35.5. The average molecular weight is 282 g/mol. The van der Waals surface area contributed by atoms with E-state index in [0.29, 0.717) is 0 Å². The van der Waals surface area contributed by atoms with Crippen molar-refractivity contribution in [3.8, 4) is 10.6 Å². The number of halogens is 1. The van der Waals surface area contributed by atoms with E-state index in [1.807, 2.05) is 25.1 Å². The molecular formula is C13H16ClN3S. The highest BCUT2D eigenvalue weighted by Gasteiger charge is 2.09. The summed E-state index contributed by atoms with van der Waals surface area (Å²) in [5.74, 6) is 0. The highest BCUT2D eigenvalue weighted by molar-refractivity contribution is 7.14. The lowest BCUT2D eigenvalue weighted by Gasteiger charge is -2.01. The smallest absolute Gasteiger partial charge is 0.148 e. The molecule has 0 aliphatic heterocycles. The lowest BCUT2D eigenvalue weighted by molar-refractivity contribution is 0.710. The molecule has 1 N–H and O–H groups in total. The van der Waals surface area contributed by atoms with Crippen LogP contribution in [0.25, 0.3) is 10.6 Å². The molecule has 3 nitrogen and oxygen atoms in total. The molecule has 0 unspecified atom stereocenters. The first-order valence-corrected chi connectivity index (χ1v) is 7.19. The van der Waals surface area contributed by atoms with E-state index in [2.05, 4.69) is 22.4 Å². The van der Waals surface area contributed by atoms with Gasteiger partial charge in [-0.3, -0.25) is 0 Å². The summed E-state index contributed by atoms with van der Waals surface area (Å²) in [4.78, 5) is 0. The van der Waals surface area contributed by atoms with E-state index >= 15 is 0 Å². The molecule has 1 aromatic carbocycles. The molecule has 96 valence electrons. The molecule has 0 aliphatic carbocycles. The zero-order valence-corrected chi connectivity index (χ0v) is 12.1. The highest BCUT2D eigenvalue weighted by Crippen LogP contribution is 2.28. The fourth-order valence-corrected chi connectivity index (χ4v) is 2.86. The molecule has 18 heavy (non-hydrogen) atoms. The average Bonchev–Trinajstić information content (AvgIpc) is 2.78. The quantitative estimate of drug-likeness (QED) is 0.855. The van der Waals surface area contributed by atoms with Crippen LogP contribution in [0, 0.1) is 6.92 Å². The minimum atomic E-state index is 0.758. The summed E-state index contributed by atoms with van der Waals surface area (Å²) in [5.41, 5.74) is 2.25. The van der Waals surface area contributed by atoms with Gasteiger partial charge in [-0.2, -0.15) is 0 Å². The van der Waals surface area contributed by atoms with Crippen molar-refractivity contribution in [2.75, 3.05) is 13.1 Å². The van der Waals surface area contributed by atoms with Crippen LogP contribution in [0.2, 0.25) is 5.02 Å². The Kier molecular flexibility index (Phi) is 4.69. The van der Waals surface area contributed by atoms with Crippen molar-refractivity contribution in [2.24, 2.45) is 0 Å². The van der Waals surface area contributed by atoms with Gasteiger partial charge in [0.05, 0.1) is 0 Å². The van der Waals surface area contributed by atoms with Gasteiger partial charge in [0.15, 0.2) is 0 Å². The van der Waals surface area contributed by atoms with Crippen LogP contribution >= 0.6 is 22.9 Å². The normalized spacial score (nSPS) is 10.8. The maximum atomic E-state index is 5.95. The lowest BCUT2D eigenvalue weighted by atomic mass is 10.1. The molecule has 0 fully saturated rings. The number of hydrogen-bond acceptors (Lipinski definition) is 4. The van der Waals surface area contributed by atoms with E-state index in [1.165, 1.54) is 0 Å². The molecule has 0 saturated heterocycles. The molecule has 0 bridgehead atoms. The van der Waals surface area contributed by atoms with E-state index < -0.39 is 0 Å². The van der Waals surface area contributed by atoms with Crippen LogP contribution in [-0.4, -0.2) is 23.3 Å². The van der Waals surface area contributed by atoms with E-state index in [9.17, 15) is 0 Å². The summed E-state index contributed by atoms with van der Waals surface area (Å²) >= 11 is 7.60. The third-order valence-electron chi connectivity index (χ3n) is 2.65. The summed E-state index contributed by atoms with van der Waals surface area (Å²) in [6.07, 6.45) is 0.929. The van der Waals surface area contributed by atoms with Gasteiger partial charge in [0.1, 0.15) is 10.0 Å². The van der Waals surface area contributed by atoms with Crippen LogP contribution in [0.5, 0.6) is 0 Å². The van der Waals surface area contributed by atoms with Gasteiger partial charge in [-0.05, 0) is 31.2 Å². The van der Waals surface area contributed by atoms with Crippen molar-refractivity contribution >= 4 is 22.9 Å². The van der Waals surface area contributed by atoms with E-state index in [4.69, 9.17) is 11.6 Å². The maximum Gasteiger partial charge on any atom is 0.148 e. The first-order chi connectivity index (χ1) is 8.70. The summed E-state index contributed by atoms with van der Waals surface area (Å²) in [6.45, 7) is 6.08. The second kappa shape index (κ2) is 6.27. The zero-order valence-electron chi connectivity index (χ0n) is 10.5. The fourth-order valence-electron chi connectivity index (χ4n) is 1.70. The molecule has 1 heterocycles. The molecule has 2 aromatic rings. The SMILES string of the molecule is CCNCCc1nnc(-c2ccc(Cl)cc2C)s1. The van der Waals surface area contributed by atoms with Crippen molar-refractivity contribution in [3.05, 3.63) is 33.8 Å². The van der Waals surface area contributed by atoms with Gasteiger partial charge < -0.3 is 5.32 Å². The lowest BCUT2D eigenvalue weighted by Crippen LogP contribution is -2.15. The van der Waals surface area contributed by atoms with Gasteiger partial charge in [-0.1, -0.05) is 35.9 Å². The summed E-state index contributed by atoms with van der Waals surface area (Å²) in [6, 6.07) is 5.85. The Bertz CT molecular complexity index is 525. The Balaban J connectivity index is 2.13. The molecule has 1 aromatic heterocycles. The number of rotatable bonds is 5. The largest absolute Gasteiger partial charge is 0.317 e. The Morgan fingerprint density at radius 2 is 2.17 bits per heavy atom. The number of benzene rings is 1. The first kappa shape index (κ1) is 13.5. The Morgan fingerprint density at radius 3 is 2.89 bits per heavy atom. The molecule has 0 aliphatic rings.